The summed E-state index contributed by atoms with van der Waals surface area (Å²) in [5.41, 5.74) is 5.20. The third-order valence-corrected chi connectivity index (χ3v) is 10.7. The van der Waals surface area contributed by atoms with Crippen molar-refractivity contribution in [2.75, 3.05) is 33.5 Å². The molecule has 6 unspecified atom stereocenters. The minimum absolute atomic E-state index is 0.536. The largest absolute Gasteiger partial charge is 0.383 e. The van der Waals surface area contributed by atoms with Crippen molar-refractivity contribution in [2.24, 2.45) is 11.8 Å². The van der Waals surface area contributed by atoms with Crippen LogP contribution in [0.3, 0.4) is 0 Å². The van der Waals surface area contributed by atoms with Crippen molar-refractivity contribution < 1.29 is 0 Å². The molecule has 0 aliphatic heterocycles. The van der Waals surface area contributed by atoms with Gasteiger partial charge in [-0.1, -0.05) is 93.9 Å². The normalized spacial score (nSPS) is 14.9. The summed E-state index contributed by atoms with van der Waals surface area (Å²) in [5.74, 6) is 1.59. The maximum absolute atomic E-state index is 3.46. The SMILES string of the molecule is CCC(C)Nc1ccc(NC(C)CC)cc1.CCCCC(CC)CN(c1ccc(N(CC(CC)CCCC)C(C)CC)cc1)C(C)CC. The Kier molecular flexibility index (Phi) is 23.3. The zero-order valence-corrected chi connectivity index (χ0v) is 33.9. The predicted molar refractivity (Wildman–Crippen MR) is 220 cm³/mol. The smallest absolute Gasteiger partial charge is 0.0370 e. The number of hydrogen-bond acceptors (Lipinski definition) is 4. The molecule has 2 rings (SSSR count). The van der Waals surface area contributed by atoms with E-state index in [0.29, 0.717) is 24.2 Å². The molecule has 6 atom stereocenters. The van der Waals surface area contributed by atoms with Crippen molar-refractivity contribution in [3.63, 3.8) is 0 Å². The van der Waals surface area contributed by atoms with Crippen molar-refractivity contribution in [1.82, 2.24) is 0 Å². The number of benzene rings is 2. The van der Waals surface area contributed by atoms with Crippen molar-refractivity contribution in [2.45, 2.75) is 184 Å². The molecular formula is C44H80N4. The van der Waals surface area contributed by atoms with Crippen molar-refractivity contribution in [3.8, 4) is 0 Å². The minimum Gasteiger partial charge on any atom is -0.383 e. The summed E-state index contributed by atoms with van der Waals surface area (Å²) in [6, 6.07) is 20.4. The van der Waals surface area contributed by atoms with Crippen molar-refractivity contribution >= 4 is 22.7 Å². The molecule has 276 valence electrons. The van der Waals surface area contributed by atoms with Gasteiger partial charge >= 0.3 is 0 Å². The van der Waals surface area contributed by atoms with Gasteiger partial charge < -0.3 is 20.4 Å². The van der Waals surface area contributed by atoms with Crippen LogP contribution in [0, 0.1) is 11.8 Å². The van der Waals surface area contributed by atoms with Gasteiger partial charge in [0.05, 0.1) is 0 Å². The second-order valence-corrected chi connectivity index (χ2v) is 14.7. The summed E-state index contributed by atoms with van der Waals surface area (Å²) >= 11 is 0. The Bertz CT molecular complexity index is 937. The van der Waals surface area contributed by atoms with Gasteiger partial charge in [0.1, 0.15) is 0 Å². The number of anilines is 4. The number of unbranched alkanes of at least 4 members (excludes halogenated alkanes) is 2. The van der Waals surface area contributed by atoms with Gasteiger partial charge in [0.15, 0.2) is 0 Å². The molecule has 4 nitrogen and oxygen atoms in total. The minimum atomic E-state index is 0.536. The number of nitrogens with one attached hydrogen (secondary N) is 2. The average molecular weight is 665 g/mol. The first-order valence-corrected chi connectivity index (χ1v) is 20.4. The lowest BCUT2D eigenvalue weighted by Gasteiger charge is -2.36. The Labute approximate surface area is 300 Å². The molecule has 2 N–H and O–H groups in total. The molecule has 0 radical (unpaired) electrons. The molecule has 0 amide bonds. The molecular weight excluding hydrogens is 585 g/mol. The van der Waals surface area contributed by atoms with Gasteiger partial charge in [-0.2, -0.15) is 0 Å². The first-order chi connectivity index (χ1) is 23.1. The Morgan fingerprint density at radius 2 is 0.792 bits per heavy atom. The monoisotopic (exact) mass is 665 g/mol. The quantitative estimate of drug-likeness (QED) is 0.117. The van der Waals surface area contributed by atoms with Gasteiger partial charge in [-0.3, -0.25) is 0 Å². The van der Waals surface area contributed by atoms with Gasteiger partial charge in [0, 0.05) is 60.0 Å². The maximum atomic E-state index is 3.46. The van der Waals surface area contributed by atoms with Gasteiger partial charge in [0.2, 0.25) is 0 Å². The molecule has 0 aliphatic carbocycles. The molecule has 0 aromatic heterocycles. The van der Waals surface area contributed by atoms with Crippen molar-refractivity contribution in [1.29, 1.82) is 0 Å². The van der Waals surface area contributed by atoms with Crippen LogP contribution >= 0.6 is 0 Å². The maximum Gasteiger partial charge on any atom is 0.0370 e. The average Bonchev–Trinajstić information content (AvgIpc) is 3.12. The van der Waals surface area contributed by atoms with Crippen LogP contribution < -0.4 is 20.4 Å². The van der Waals surface area contributed by atoms with E-state index in [4.69, 9.17) is 0 Å². The lowest BCUT2D eigenvalue weighted by Crippen LogP contribution is -2.38. The summed E-state index contributed by atoms with van der Waals surface area (Å²) < 4.78 is 0. The molecule has 2 aromatic carbocycles. The Morgan fingerprint density at radius 1 is 0.458 bits per heavy atom. The van der Waals surface area contributed by atoms with Crippen LogP contribution in [0.15, 0.2) is 48.5 Å². The molecule has 4 heteroatoms. The molecule has 2 aromatic rings. The fourth-order valence-electron chi connectivity index (χ4n) is 6.18. The van der Waals surface area contributed by atoms with Crippen LogP contribution in [0.25, 0.3) is 0 Å². The predicted octanol–water partition coefficient (Wildman–Crippen LogP) is 13.4. The van der Waals surface area contributed by atoms with Crippen LogP contribution in [0.1, 0.15) is 160 Å². The van der Waals surface area contributed by atoms with Gasteiger partial charge in [-0.25, -0.2) is 0 Å². The molecule has 48 heavy (non-hydrogen) atoms. The van der Waals surface area contributed by atoms with E-state index in [-0.39, 0.29) is 0 Å². The lowest BCUT2D eigenvalue weighted by molar-refractivity contribution is 0.426. The first-order valence-electron chi connectivity index (χ1n) is 20.4. The third kappa shape index (κ3) is 16.4. The highest BCUT2D eigenvalue weighted by Gasteiger charge is 2.21. The molecule has 0 fully saturated rings. The number of nitrogens with zero attached hydrogens (tertiary/aromatic N) is 2. The Hall–Kier alpha value is -2.36. The van der Waals surface area contributed by atoms with E-state index in [1.807, 2.05) is 0 Å². The standard InChI is InChI=1S/C30H56N2.C14H24N2/c1-9-15-17-27(13-5)23-31(25(7)11-3)29-19-21-30(22-20-29)32(26(8)12-4)24-28(14-6)18-16-10-2;1-5-11(3)15-13-7-9-14(10-8-13)16-12(4)6-2/h19-22,25-28H,9-18,23-24H2,1-8H3;7-12,15-16H,5-6H2,1-4H3. The molecule has 0 aliphatic rings. The van der Waals surface area contributed by atoms with E-state index in [0.717, 1.165) is 24.7 Å². The summed E-state index contributed by atoms with van der Waals surface area (Å²) in [5, 5.41) is 6.92. The van der Waals surface area contributed by atoms with E-state index in [1.54, 1.807) is 0 Å². The first kappa shape index (κ1) is 43.7. The van der Waals surface area contributed by atoms with E-state index in [1.165, 1.54) is 100 Å². The topological polar surface area (TPSA) is 30.5 Å². The molecule has 0 saturated carbocycles. The molecule has 0 spiro atoms. The second kappa shape index (κ2) is 25.6. The van der Waals surface area contributed by atoms with E-state index >= 15 is 0 Å². The fourth-order valence-corrected chi connectivity index (χ4v) is 6.18. The fraction of sp³-hybridized carbons (Fsp3) is 0.727. The summed E-state index contributed by atoms with van der Waals surface area (Å²) in [6.07, 6.45) is 15.3. The number of hydrogen-bond donors (Lipinski definition) is 2. The van der Waals surface area contributed by atoms with E-state index in [9.17, 15) is 0 Å². The Morgan fingerprint density at radius 3 is 1.04 bits per heavy atom. The highest BCUT2D eigenvalue weighted by atomic mass is 15.2. The van der Waals surface area contributed by atoms with Crippen molar-refractivity contribution in [3.05, 3.63) is 48.5 Å². The zero-order chi connectivity index (χ0) is 35.9. The summed E-state index contributed by atoms with van der Waals surface area (Å²) in [4.78, 5) is 5.36. The molecule has 0 bridgehead atoms. The van der Waals surface area contributed by atoms with Crippen LogP contribution in [-0.2, 0) is 0 Å². The second-order valence-electron chi connectivity index (χ2n) is 14.7. The van der Waals surface area contributed by atoms with Gasteiger partial charge in [-0.15, -0.1) is 0 Å². The molecule has 0 saturated heterocycles. The van der Waals surface area contributed by atoms with Crippen LogP contribution in [0.4, 0.5) is 22.7 Å². The van der Waals surface area contributed by atoms with Crippen LogP contribution in [-0.4, -0.2) is 37.3 Å². The highest BCUT2D eigenvalue weighted by Crippen LogP contribution is 2.29. The van der Waals surface area contributed by atoms with E-state index in [2.05, 4.69) is 152 Å². The zero-order valence-electron chi connectivity index (χ0n) is 33.9. The van der Waals surface area contributed by atoms with Gasteiger partial charge in [0.25, 0.3) is 0 Å². The number of rotatable bonds is 24. The van der Waals surface area contributed by atoms with Gasteiger partial charge in [-0.05, 0) is 127 Å². The summed E-state index contributed by atoms with van der Waals surface area (Å²) in [6.45, 7) is 30.0. The van der Waals surface area contributed by atoms with E-state index < -0.39 is 0 Å². The van der Waals surface area contributed by atoms with Crippen LogP contribution in [0.2, 0.25) is 0 Å². The molecule has 0 heterocycles. The Balaban J connectivity index is 0.000000600. The van der Waals surface area contributed by atoms with Crippen LogP contribution in [0.5, 0.6) is 0 Å². The summed E-state index contributed by atoms with van der Waals surface area (Å²) in [7, 11) is 0. The highest BCUT2D eigenvalue weighted by molar-refractivity contribution is 5.57. The third-order valence-electron chi connectivity index (χ3n) is 10.7. The lowest BCUT2D eigenvalue weighted by atomic mass is 9.97.